The smallest absolute Gasteiger partial charge is 0.238 e. The Balaban J connectivity index is 1.57. The lowest BCUT2D eigenvalue weighted by Crippen LogP contribution is -2.25. The SMILES string of the molecule is Cc1c(-c2ccc3c(c2)OC2CC2(C)C3=O)nnn1-c1cccnc1F. The number of fused-ring (bicyclic) bond motifs is 2. The molecule has 0 spiro atoms. The van der Waals surface area contributed by atoms with Crippen molar-refractivity contribution in [3.8, 4) is 22.7 Å². The van der Waals surface area contributed by atoms with Crippen LogP contribution < -0.4 is 4.74 Å². The van der Waals surface area contributed by atoms with Crippen molar-refractivity contribution in [2.45, 2.75) is 26.4 Å². The Morgan fingerprint density at radius 1 is 1.35 bits per heavy atom. The highest BCUT2D eigenvalue weighted by atomic mass is 19.1. The second kappa shape index (κ2) is 4.97. The fourth-order valence-electron chi connectivity index (χ4n) is 3.51. The zero-order valence-corrected chi connectivity index (χ0v) is 14.2. The van der Waals surface area contributed by atoms with Crippen LogP contribution in [-0.2, 0) is 0 Å². The number of pyridine rings is 1. The molecule has 26 heavy (non-hydrogen) atoms. The molecule has 0 saturated heterocycles. The van der Waals surface area contributed by atoms with Crippen LogP contribution in [0, 0.1) is 18.3 Å². The number of hydrogen-bond donors (Lipinski definition) is 0. The summed E-state index contributed by atoms with van der Waals surface area (Å²) < 4.78 is 21.3. The van der Waals surface area contributed by atoms with Crippen LogP contribution in [0.25, 0.3) is 16.9 Å². The van der Waals surface area contributed by atoms with Crippen molar-refractivity contribution in [2.75, 3.05) is 0 Å². The van der Waals surface area contributed by atoms with E-state index in [4.69, 9.17) is 4.74 Å². The van der Waals surface area contributed by atoms with E-state index in [1.54, 1.807) is 18.2 Å². The Morgan fingerprint density at radius 2 is 2.19 bits per heavy atom. The van der Waals surface area contributed by atoms with Crippen LogP contribution in [0.15, 0.2) is 36.5 Å². The summed E-state index contributed by atoms with van der Waals surface area (Å²) in [6, 6.07) is 8.65. The van der Waals surface area contributed by atoms with Crippen LogP contribution in [0.1, 0.15) is 29.4 Å². The summed E-state index contributed by atoms with van der Waals surface area (Å²) in [6.45, 7) is 3.75. The molecule has 0 N–H and O–H groups in total. The quantitative estimate of drug-likeness (QED) is 0.664. The van der Waals surface area contributed by atoms with Crippen molar-refractivity contribution in [1.29, 1.82) is 0 Å². The summed E-state index contributed by atoms with van der Waals surface area (Å²) in [4.78, 5) is 16.2. The monoisotopic (exact) mass is 350 g/mol. The number of halogens is 1. The Kier molecular flexibility index (Phi) is 2.90. The summed E-state index contributed by atoms with van der Waals surface area (Å²) in [7, 11) is 0. The van der Waals surface area contributed by atoms with Gasteiger partial charge in [-0.05, 0) is 38.1 Å². The molecule has 0 bridgehead atoms. The number of Topliss-reactive ketones (excluding diaryl/α,β-unsaturated/α-hetero) is 1. The van der Waals surface area contributed by atoms with Gasteiger partial charge in [0.15, 0.2) is 5.78 Å². The predicted molar refractivity (Wildman–Crippen MR) is 90.8 cm³/mol. The number of rotatable bonds is 2. The fourth-order valence-corrected chi connectivity index (χ4v) is 3.51. The van der Waals surface area contributed by atoms with Gasteiger partial charge in [-0.1, -0.05) is 11.3 Å². The molecule has 3 aromatic rings. The highest BCUT2D eigenvalue weighted by molar-refractivity contribution is 6.06. The van der Waals surface area contributed by atoms with Gasteiger partial charge in [0.05, 0.1) is 16.7 Å². The molecule has 130 valence electrons. The summed E-state index contributed by atoms with van der Waals surface area (Å²) >= 11 is 0. The van der Waals surface area contributed by atoms with Crippen molar-refractivity contribution < 1.29 is 13.9 Å². The van der Waals surface area contributed by atoms with Gasteiger partial charge < -0.3 is 4.74 Å². The van der Waals surface area contributed by atoms with Crippen LogP contribution in [0.5, 0.6) is 5.75 Å². The number of carbonyl (C=O) groups is 1. The van der Waals surface area contributed by atoms with Crippen molar-refractivity contribution in [3.63, 3.8) is 0 Å². The molecule has 0 amide bonds. The van der Waals surface area contributed by atoms with Crippen LogP contribution >= 0.6 is 0 Å². The number of benzene rings is 1. The molecule has 1 aliphatic carbocycles. The van der Waals surface area contributed by atoms with Gasteiger partial charge in [0.1, 0.15) is 23.2 Å². The fraction of sp³-hybridized carbons (Fsp3) is 0.263. The molecule has 2 aliphatic rings. The molecule has 1 aliphatic heterocycles. The lowest BCUT2D eigenvalue weighted by molar-refractivity contribution is 0.0838. The van der Waals surface area contributed by atoms with E-state index in [0.717, 1.165) is 12.0 Å². The molecule has 1 fully saturated rings. The molecule has 2 atom stereocenters. The first-order valence-electron chi connectivity index (χ1n) is 8.38. The van der Waals surface area contributed by atoms with E-state index in [1.165, 1.54) is 10.9 Å². The van der Waals surface area contributed by atoms with Gasteiger partial charge in [0.25, 0.3) is 0 Å². The lowest BCUT2D eigenvalue weighted by Gasteiger charge is -2.21. The lowest BCUT2D eigenvalue weighted by atomic mass is 9.92. The van der Waals surface area contributed by atoms with Crippen molar-refractivity contribution in [1.82, 2.24) is 20.0 Å². The molecule has 3 heterocycles. The Labute approximate surface area is 148 Å². The maximum atomic E-state index is 14.0. The zero-order chi connectivity index (χ0) is 18.1. The van der Waals surface area contributed by atoms with E-state index >= 15 is 0 Å². The van der Waals surface area contributed by atoms with E-state index in [0.29, 0.717) is 22.7 Å². The second-order valence-electron chi connectivity index (χ2n) is 7.02. The Bertz CT molecular complexity index is 1080. The summed E-state index contributed by atoms with van der Waals surface area (Å²) in [5, 5.41) is 8.26. The zero-order valence-electron chi connectivity index (χ0n) is 14.2. The van der Waals surface area contributed by atoms with Gasteiger partial charge in [0, 0.05) is 18.2 Å². The van der Waals surface area contributed by atoms with Gasteiger partial charge in [-0.3, -0.25) is 4.79 Å². The van der Waals surface area contributed by atoms with Crippen molar-refractivity contribution in [2.24, 2.45) is 5.41 Å². The second-order valence-corrected chi connectivity index (χ2v) is 7.02. The molecule has 7 heteroatoms. The minimum absolute atomic E-state index is 0.0426. The molecule has 2 aromatic heterocycles. The topological polar surface area (TPSA) is 69.9 Å². The standard InChI is InChI=1S/C19H15FN4O2/c1-10-16(22-23-24(10)13-4-3-7-21-18(13)20)11-5-6-12-14(8-11)26-15-9-19(15,2)17(12)25/h3-8,15H,9H2,1-2H3. The minimum atomic E-state index is -0.612. The first kappa shape index (κ1) is 15.2. The number of nitrogens with zero attached hydrogens (tertiary/aromatic N) is 4. The molecule has 1 saturated carbocycles. The third kappa shape index (κ3) is 1.97. The van der Waals surface area contributed by atoms with Crippen molar-refractivity contribution in [3.05, 3.63) is 53.7 Å². The molecule has 1 aromatic carbocycles. The summed E-state index contributed by atoms with van der Waals surface area (Å²) in [6.07, 6.45) is 2.10. The molecular formula is C19H15FN4O2. The first-order chi connectivity index (χ1) is 12.5. The number of hydrogen-bond acceptors (Lipinski definition) is 5. The van der Waals surface area contributed by atoms with Gasteiger partial charge in [-0.2, -0.15) is 4.39 Å². The van der Waals surface area contributed by atoms with E-state index in [2.05, 4.69) is 15.3 Å². The van der Waals surface area contributed by atoms with E-state index < -0.39 is 5.95 Å². The average molecular weight is 350 g/mol. The predicted octanol–water partition coefficient (Wildman–Crippen LogP) is 3.13. The van der Waals surface area contributed by atoms with Gasteiger partial charge in [-0.25, -0.2) is 9.67 Å². The van der Waals surface area contributed by atoms with Gasteiger partial charge in [0.2, 0.25) is 5.95 Å². The normalized spacial score (nSPS) is 23.2. The molecular weight excluding hydrogens is 335 g/mol. The third-order valence-electron chi connectivity index (χ3n) is 5.31. The van der Waals surface area contributed by atoms with Crippen LogP contribution in [0.3, 0.4) is 0 Å². The molecule has 0 radical (unpaired) electrons. The highest BCUT2D eigenvalue weighted by Crippen LogP contribution is 2.55. The number of aromatic nitrogens is 4. The number of ketones is 1. The summed E-state index contributed by atoms with van der Waals surface area (Å²) in [5.74, 6) is 0.0986. The highest BCUT2D eigenvalue weighted by Gasteiger charge is 2.61. The number of ether oxygens (including phenoxy) is 1. The Hall–Kier alpha value is -3.09. The molecule has 2 unspecified atom stereocenters. The van der Waals surface area contributed by atoms with Crippen LogP contribution in [0.2, 0.25) is 0 Å². The maximum Gasteiger partial charge on any atom is 0.238 e. The molecule has 5 rings (SSSR count). The van der Waals surface area contributed by atoms with Crippen LogP contribution in [-0.4, -0.2) is 31.9 Å². The maximum absolute atomic E-state index is 14.0. The summed E-state index contributed by atoms with van der Waals surface area (Å²) in [5.41, 5.74) is 2.53. The van der Waals surface area contributed by atoms with Crippen LogP contribution in [0.4, 0.5) is 4.39 Å². The first-order valence-corrected chi connectivity index (χ1v) is 8.38. The van der Waals surface area contributed by atoms with Gasteiger partial charge in [-0.15, -0.1) is 5.10 Å². The van der Waals surface area contributed by atoms with Crippen molar-refractivity contribution >= 4 is 5.78 Å². The largest absolute Gasteiger partial charge is 0.489 e. The minimum Gasteiger partial charge on any atom is -0.489 e. The average Bonchev–Trinajstić information content (AvgIpc) is 3.16. The third-order valence-corrected chi connectivity index (χ3v) is 5.31. The van der Waals surface area contributed by atoms with Gasteiger partial charge >= 0.3 is 0 Å². The Morgan fingerprint density at radius 3 is 3.00 bits per heavy atom. The van der Waals surface area contributed by atoms with E-state index in [9.17, 15) is 9.18 Å². The molecule has 6 nitrogen and oxygen atoms in total. The van der Waals surface area contributed by atoms with E-state index in [-0.39, 0.29) is 23.0 Å². The number of carbonyl (C=O) groups excluding carboxylic acids is 1. The van der Waals surface area contributed by atoms with E-state index in [1.807, 2.05) is 26.0 Å².